The number of rotatable bonds is 8. The fourth-order valence-electron chi connectivity index (χ4n) is 7.39. The molecule has 6 nitrogen and oxygen atoms in total. The van der Waals surface area contributed by atoms with E-state index < -0.39 is 28.3 Å². The van der Waals surface area contributed by atoms with Crippen molar-refractivity contribution < 1.29 is 22.3 Å². The van der Waals surface area contributed by atoms with Gasteiger partial charge in [0, 0.05) is 5.69 Å². The Hall–Kier alpha value is -3.39. The zero-order valence-corrected chi connectivity index (χ0v) is 22.7. The molecule has 3 aromatic rings. The predicted octanol–water partition coefficient (Wildman–Crippen LogP) is 6.21. The van der Waals surface area contributed by atoms with Crippen LogP contribution in [0.1, 0.15) is 43.6 Å². The van der Waals surface area contributed by atoms with Crippen LogP contribution in [-0.4, -0.2) is 28.0 Å². The van der Waals surface area contributed by atoms with Gasteiger partial charge in [-0.25, -0.2) is 12.8 Å². The second-order valence-electron chi connectivity index (χ2n) is 11.3. The highest BCUT2D eigenvalue weighted by molar-refractivity contribution is 7.92. The van der Waals surface area contributed by atoms with Crippen LogP contribution in [0.5, 0.6) is 5.75 Å². The topological polar surface area (TPSA) is 75.7 Å². The molecule has 4 aliphatic rings. The van der Waals surface area contributed by atoms with Crippen molar-refractivity contribution in [3.05, 3.63) is 84.2 Å². The van der Waals surface area contributed by atoms with Crippen LogP contribution in [0, 0.1) is 29.5 Å². The lowest BCUT2D eigenvalue weighted by Gasteiger charge is -2.54. The molecule has 39 heavy (non-hydrogen) atoms. The lowest BCUT2D eigenvalue weighted by Crippen LogP contribution is -2.43. The Morgan fingerprint density at radius 2 is 1.46 bits per heavy atom. The summed E-state index contributed by atoms with van der Waals surface area (Å²) in [6, 6.07) is 19.1. The standard InChI is InChI=1S/C31H33FN2O4S/c1-38-28-10-8-27(9-11-28)34(39(36,37)29-12-4-25(32)5-13-29)19-30(35)33-26-6-2-22(3-7-26)31-23-15-20-14-21(17-23)18-24(31)16-20/h2-13,20-21,23-24,31H,14-19H2,1H3,(H,33,35). The minimum atomic E-state index is -4.14. The van der Waals surface area contributed by atoms with E-state index in [1.807, 2.05) is 12.1 Å². The van der Waals surface area contributed by atoms with Crippen LogP contribution < -0.4 is 14.4 Å². The van der Waals surface area contributed by atoms with E-state index in [9.17, 15) is 17.6 Å². The number of carbonyl (C=O) groups is 1. The lowest BCUT2D eigenvalue weighted by atomic mass is 9.51. The number of sulfonamides is 1. The van der Waals surface area contributed by atoms with E-state index in [1.54, 1.807) is 24.3 Å². The van der Waals surface area contributed by atoms with Gasteiger partial charge >= 0.3 is 0 Å². The average molecular weight is 549 g/mol. The molecule has 204 valence electrons. The molecule has 0 heterocycles. The summed E-state index contributed by atoms with van der Waals surface area (Å²) in [5.74, 6) is 3.53. The normalized spacial score (nSPS) is 25.3. The van der Waals surface area contributed by atoms with E-state index in [-0.39, 0.29) is 4.90 Å². The Balaban J connectivity index is 1.19. The molecule has 4 saturated carbocycles. The number of carbonyl (C=O) groups excluding carboxylic acids is 1. The van der Waals surface area contributed by atoms with Crippen LogP contribution in [0.3, 0.4) is 0 Å². The number of hydrogen-bond acceptors (Lipinski definition) is 4. The number of hydrogen-bond donors (Lipinski definition) is 1. The molecule has 4 bridgehead atoms. The van der Waals surface area contributed by atoms with Gasteiger partial charge in [0.1, 0.15) is 18.1 Å². The highest BCUT2D eigenvalue weighted by atomic mass is 32.2. The van der Waals surface area contributed by atoms with E-state index >= 15 is 0 Å². The largest absolute Gasteiger partial charge is 0.497 e. The molecule has 0 spiro atoms. The average Bonchev–Trinajstić information content (AvgIpc) is 2.92. The minimum absolute atomic E-state index is 0.104. The molecule has 4 aliphatic carbocycles. The summed E-state index contributed by atoms with van der Waals surface area (Å²) >= 11 is 0. The third-order valence-electron chi connectivity index (χ3n) is 8.86. The third kappa shape index (κ3) is 5.14. The van der Waals surface area contributed by atoms with Crippen molar-refractivity contribution in [1.29, 1.82) is 0 Å². The molecule has 0 atom stereocenters. The first kappa shape index (κ1) is 25.9. The summed E-state index contributed by atoms with van der Waals surface area (Å²) in [5.41, 5.74) is 2.27. The first-order valence-electron chi connectivity index (χ1n) is 13.6. The van der Waals surface area contributed by atoms with Gasteiger partial charge in [-0.2, -0.15) is 0 Å². The van der Waals surface area contributed by atoms with Crippen LogP contribution in [0.4, 0.5) is 15.8 Å². The van der Waals surface area contributed by atoms with Crippen molar-refractivity contribution in [2.45, 2.75) is 42.9 Å². The molecule has 0 aliphatic heterocycles. The molecule has 0 saturated heterocycles. The Morgan fingerprint density at radius 3 is 2.03 bits per heavy atom. The smallest absolute Gasteiger partial charge is 0.264 e. The van der Waals surface area contributed by atoms with Crippen molar-refractivity contribution >= 4 is 27.3 Å². The Labute approximate surface area is 229 Å². The number of nitrogens with one attached hydrogen (secondary N) is 1. The number of methoxy groups -OCH3 is 1. The van der Waals surface area contributed by atoms with Crippen LogP contribution >= 0.6 is 0 Å². The highest BCUT2D eigenvalue weighted by Crippen LogP contribution is 2.59. The maximum absolute atomic E-state index is 13.5. The third-order valence-corrected chi connectivity index (χ3v) is 10.6. The molecule has 3 aromatic carbocycles. The zero-order valence-electron chi connectivity index (χ0n) is 21.9. The Kier molecular flexibility index (Phi) is 6.83. The zero-order chi connectivity index (χ0) is 27.1. The highest BCUT2D eigenvalue weighted by Gasteiger charge is 2.48. The first-order valence-corrected chi connectivity index (χ1v) is 15.1. The van der Waals surface area contributed by atoms with Crippen molar-refractivity contribution in [3.63, 3.8) is 0 Å². The quantitative estimate of drug-likeness (QED) is 0.363. The van der Waals surface area contributed by atoms with E-state index in [0.29, 0.717) is 23.0 Å². The van der Waals surface area contributed by atoms with Gasteiger partial charge in [-0.1, -0.05) is 12.1 Å². The van der Waals surface area contributed by atoms with E-state index in [1.165, 1.54) is 56.9 Å². The summed E-state index contributed by atoms with van der Waals surface area (Å²) in [6.07, 6.45) is 6.81. The Morgan fingerprint density at radius 1 is 0.872 bits per heavy atom. The summed E-state index contributed by atoms with van der Waals surface area (Å²) < 4.78 is 46.7. The van der Waals surface area contributed by atoms with Crippen molar-refractivity contribution in [2.24, 2.45) is 23.7 Å². The Bertz CT molecular complexity index is 1410. The maximum Gasteiger partial charge on any atom is 0.264 e. The van der Waals surface area contributed by atoms with Crippen LogP contribution in [0.15, 0.2) is 77.7 Å². The summed E-state index contributed by atoms with van der Waals surface area (Å²) in [7, 11) is -2.63. The molecule has 4 fully saturated rings. The van der Waals surface area contributed by atoms with Crippen LogP contribution in [0.25, 0.3) is 0 Å². The summed E-state index contributed by atoms with van der Waals surface area (Å²) in [5, 5.41) is 2.86. The van der Waals surface area contributed by atoms with Crippen molar-refractivity contribution in [3.8, 4) is 5.75 Å². The monoisotopic (exact) mass is 548 g/mol. The minimum Gasteiger partial charge on any atom is -0.497 e. The molecule has 1 N–H and O–H groups in total. The molecule has 7 rings (SSSR count). The van der Waals surface area contributed by atoms with Gasteiger partial charge in [-0.15, -0.1) is 0 Å². The van der Waals surface area contributed by atoms with E-state index in [2.05, 4.69) is 17.4 Å². The number of nitrogens with zero attached hydrogens (tertiary/aromatic N) is 1. The predicted molar refractivity (Wildman–Crippen MR) is 149 cm³/mol. The fourth-order valence-corrected chi connectivity index (χ4v) is 8.81. The van der Waals surface area contributed by atoms with E-state index in [4.69, 9.17) is 4.74 Å². The van der Waals surface area contributed by atoms with Gasteiger partial charge in [0.2, 0.25) is 5.91 Å². The number of ether oxygens (including phenoxy) is 1. The van der Waals surface area contributed by atoms with Gasteiger partial charge < -0.3 is 10.1 Å². The number of amides is 1. The molecule has 0 unspecified atom stereocenters. The summed E-state index contributed by atoms with van der Waals surface area (Å²) in [6.45, 7) is -0.441. The molecular formula is C31H33FN2O4S. The fraction of sp³-hybridized carbons (Fsp3) is 0.387. The number of halogens is 1. The second-order valence-corrected chi connectivity index (χ2v) is 13.2. The van der Waals surface area contributed by atoms with E-state index in [0.717, 1.165) is 40.1 Å². The molecule has 8 heteroatoms. The molecular weight excluding hydrogens is 515 g/mol. The summed E-state index contributed by atoms with van der Waals surface area (Å²) in [4.78, 5) is 13.0. The second kappa shape index (κ2) is 10.3. The SMILES string of the molecule is COc1ccc(N(CC(=O)Nc2ccc(C3C4CC5CC(C4)CC3C5)cc2)S(=O)(=O)c2ccc(F)cc2)cc1. The van der Waals surface area contributed by atoms with Gasteiger partial charge in [0.15, 0.2) is 0 Å². The van der Waals surface area contributed by atoms with Gasteiger partial charge in [-0.05, 0) is 128 Å². The first-order chi connectivity index (χ1) is 18.8. The van der Waals surface area contributed by atoms with Gasteiger partial charge in [0.05, 0.1) is 17.7 Å². The van der Waals surface area contributed by atoms with Gasteiger partial charge in [0.25, 0.3) is 10.0 Å². The van der Waals surface area contributed by atoms with Crippen LogP contribution in [-0.2, 0) is 14.8 Å². The van der Waals surface area contributed by atoms with Crippen molar-refractivity contribution in [1.82, 2.24) is 0 Å². The van der Waals surface area contributed by atoms with Crippen molar-refractivity contribution in [2.75, 3.05) is 23.3 Å². The molecule has 0 radical (unpaired) electrons. The number of anilines is 2. The van der Waals surface area contributed by atoms with Gasteiger partial charge in [-0.3, -0.25) is 9.10 Å². The maximum atomic E-state index is 13.5. The number of benzene rings is 3. The van der Waals surface area contributed by atoms with Crippen LogP contribution in [0.2, 0.25) is 0 Å². The molecule has 1 amide bonds. The lowest BCUT2D eigenvalue weighted by molar-refractivity contribution is -0.114. The molecule has 0 aromatic heterocycles.